The van der Waals surface area contributed by atoms with Crippen molar-refractivity contribution in [1.82, 2.24) is 4.90 Å². The molecule has 1 aromatic carbocycles. The van der Waals surface area contributed by atoms with E-state index in [1.807, 2.05) is 43.5 Å². The minimum Gasteiger partial charge on any atom is -0.464 e. The number of carbonyl (C=O) groups excluding carboxylic acids is 2. The average Bonchev–Trinajstić information content (AvgIpc) is 2.70. The molecule has 0 aromatic heterocycles. The summed E-state index contributed by atoms with van der Waals surface area (Å²) < 4.78 is 5.51. The number of rotatable bonds is 1. The van der Waals surface area contributed by atoms with Gasteiger partial charge in [0.1, 0.15) is 0 Å². The molecule has 1 amide bonds. The van der Waals surface area contributed by atoms with Crippen molar-refractivity contribution in [3.63, 3.8) is 0 Å². The van der Waals surface area contributed by atoms with E-state index >= 15 is 0 Å². The van der Waals surface area contributed by atoms with E-state index in [4.69, 9.17) is 4.74 Å². The molecular weight excluding hydrogens is 314 g/mol. The Morgan fingerprint density at radius 2 is 1.92 bits per heavy atom. The van der Waals surface area contributed by atoms with Gasteiger partial charge >= 0.3 is 5.97 Å². The lowest BCUT2D eigenvalue weighted by Crippen LogP contribution is -2.60. The number of amides is 1. The standard InChI is InChI=1S/C21H25NO3/c1-14-16-8-6-5-7-15(16)9-12-22(14)17(23)21-11-10-20(4,19(21,2)3)13-25-18(21)24/h5-9,12,14H,10-11,13H2,1-4H3/t14-,20-,21-/m0/s1. The minimum atomic E-state index is -1.09. The fourth-order valence-electron chi connectivity index (χ4n) is 4.97. The first-order valence-electron chi connectivity index (χ1n) is 9.02. The minimum absolute atomic E-state index is 0.0968. The van der Waals surface area contributed by atoms with Crippen molar-refractivity contribution in [2.75, 3.05) is 6.61 Å². The van der Waals surface area contributed by atoms with Gasteiger partial charge in [0, 0.05) is 11.6 Å². The van der Waals surface area contributed by atoms with Gasteiger partial charge in [0.15, 0.2) is 5.41 Å². The van der Waals surface area contributed by atoms with Gasteiger partial charge in [0.05, 0.1) is 12.6 Å². The maximum absolute atomic E-state index is 13.7. The molecule has 0 spiro atoms. The summed E-state index contributed by atoms with van der Waals surface area (Å²) in [5.41, 5.74) is 0.551. The molecule has 3 atom stereocenters. The first-order valence-corrected chi connectivity index (χ1v) is 9.02. The quantitative estimate of drug-likeness (QED) is 0.575. The molecule has 2 heterocycles. The number of ether oxygens (including phenoxy) is 1. The fourth-order valence-corrected chi connectivity index (χ4v) is 4.97. The highest BCUT2D eigenvalue weighted by Gasteiger charge is 2.72. The van der Waals surface area contributed by atoms with E-state index in [1.54, 1.807) is 4.90 Å². The van der Waals surface area contributed by atoms with Crippen LogP contribution < -0.4 is 0 Å². The lowest BCUT2D eigenvalue weighted by molar-refractivity contribution is -0.193. The number of carbonyl (C=O) groups is 2. The molecule has 25 heavy (non-hydrogen) atoms. The Bertz CT molecular complexity index is 796. The lowest BCUT2D eigenvalue weighted by Gasteiger charge is -2.51. The molecule has 1 saturated carbocycles. The molecule has 4 nitrogen and oxygen atoms in total. The lowest BCUT2D eigenvalue weighted by atomic mass is 9.57. The van der Waals surface area contributed by atoms with Gasteiger partial charge in [-0.25, -0.2) is 0 Å². The Hall–Kier alpha value is -2.10. The van der Waals surface area contributed by atoms with Crippen LogP contribution in [0, 0.1) is 16.2 Å². The molecule has 1 aromatic rings. The van der Waals surface area contributed by atoms with Crippen LogP contribution in [-0.2, 0) is 14.3 Å². The van der Waals surface area contributed by atoms with Crippen molar-refractivity contribution < 1.29 is 14.3 Å². The molecule has 0 unspecified atom stereocenters. The number of cyclic esters (lactones) is 1. The highest BCUT2D eigenvalue weighted by molar-refractivity contribution is 6.05. The second-order valence-corrected chi connectivity index (χ2v) is 8.50. The number of nitrogens with zero attached hydrogens (tertiary/aromatic N) is 1. The Balaban J connectivity index is 1.78. The molecule has 0 N–H and O–H groups in total. The zero-order chi connectivity index (χ0) is 18.0. The molecule has 4 rings (SSSR count). The van der Waals surface area contributed by atoms with Gasteiger partial charge in [0.25, 0.3) is 0 Å². The maximum atomic E-state index is 13.7. The molecule has 1 saturated heterocycles. The molecule has 2 aliphatic heterocycles. The summed E-state index contributed by atoms with van der Waals surface area (Å²) in [5.74, 6) is -0.471. The predicted molar refractivity (Wildman–Crippen MR) is 95.3 cm³/mol. The number of hydrogen-bond acceptors (Lipinski definition) is 3. The third kappa shape index (κ3) is 1.83. The SMILES string of the molecule is C[C@H]1c2ccccc2C=CN1C(=O)[C@@]12CC[C@@](C)(COC1=O)C2(C)C. The van der Waals surface area contributed by atoms with Crippen LogP contribution in [0.2, 0.25) is 0 Å². The summed E-state index contributed by atoms with van der Waals surface area (Å²) in [4.78, 5) is 28.3. The summed E-state index contributed by atoms with van der Waals surface area (Å²) in [6.07, 6.45) is 5.18. The van der Waals surface area contributed by atoms with Crippen LogP contribution in [0.1, 0.15) is 57.7 Å². The van der Waals surface area contributed by atoms with Crippen molar-refractivity contribution in [3.05, 3.63) is 41.6 Å². The summed E-state index contributed by atoms with van der Waals surface area (Å²) >= 11 is 0. The van der Waals surface area contributed by atoms with Crippen LogP contribution in [0.15, 0.2) is 30.5 Å². The first-order chi connectivity index (χ1) is 11.7. The van der Waals surface area contributed by atoms with Gasteiger partial charge in [-0.05, 0) is 42.4 Å². The number of hydrogen-bond donors (Lipinski definition) is 0. The van der Waals surface area contributed by atoms with Gasteiger partial charge in [-0.3, -0.25) is 9.59 Å². The molecular formula is C21H25NO3. The highest BCUT2D eigenvalue weighted by atomic mass is 16.5. The smallest absolute Gasteiger partial charge is 0.322 e. The molecule has 4 heteroatoms. The fraction of sp³-hybridized carbons (Fsp3) is 0.524. The molecule has 1 aliphatic carbocycles. The van der Waals surface area contributed by atoms with Crippen molar-refractivity contribution in [2.45, 2.75) is 46.6 Å². The maximum Gasteiger partial charge on any atom is 0.322 e. The zero-order valence-electron chi connectivity index (χ0n) is 15.3. The number of benzene rings is 1. The van der Waals surface area contributed by atoms with E-state index in [1.165, 1.54) is 0 Å². The first kappa shape index (κ1) is 16.4. The van der Waals surface area contributed by atoms with Crippen LogP contribution >= 0.6 is 0 Å². The highest BCUT2D eigenvalue weighted by Crippen LogP contribution is 2.66. The van der Waals surface area contributed by atoms with Crippen LogP contribution in [0.3, 0.4) is 0 Å². The molecule has 132 valence electrons. The third-order valence-electron chi connectivity index (χ3n) is 7.38. The van der Waals surface area contributed by atoms with E-state index in [2.05, 4.69) is 20.8 Å². The van der Waals surface area contributed by atoms with E-state index in [9.17, 15) is 9.59 Å². The average molecular weight is 339 g/mol. The molecule has 2 fully saturated rings. The van der Waals surface area contributed by atoms with E-state index < -0.39 is 10.8 Å². The summed E-state index contributed by atoms with van der Waals surface area (Å²) in [5, 5.41) is 0. The Morgan fingerprint density at radius 1 is 1.20 bits per heavy atom. The summed E-state index contributed by atoms with van der Waals surface area (Å²) in [6, 6.07) is 7.98. The summed E-state index contributed by atoms with van der Waals surface area (Å²) in [7, 11) is 0. The van der Waals surface area contributed by atoms with Gasteiger partial charge < -0.3 is 9.64 Å². The van der Waals surface area contributed by atoms with Gasteiger partial charge in [-0.15, -0.1) is 0 Å². The van der Waals surface area contributed by atoms with Crippen LogP contribution in [0.25, 0.3) is 6.08 Å². The van der Waals surface area contributed by atoms with Crippen molar-refractivity contribution in [3.8, 4) is 0 Å². The van der Waals surface area contributed by atoms with Crippen LogP contribution in [0.4, 0.5) is 0 Å². The topological polar surface area (TPSA) is 46.6 Å². The Kier molecular flexibility index (Phi) is 3.25. The predicted octanol–water partition coefficient (Wildman–Crippen LogP) is 3.93. The van der Waals surface area contributed by atoms with Crippen molar-refractivity contribution >= 4 is 18.0 Å². The van der Waals surface area contributed by atoms with Crippen LogP contribution in [0.5, 0.6) is 0 Å². The van der Waals surface area contributed by atoms with Gasteiger partial charge in [0.2, 0.25) is 5.91 Å². The largest absolute Gasteiger partial charge is 0.464 e. The molecule has 3 aliphatic rings. The van der Waals surface area contributed by atoms with Crippen molar-refractivity contribution in [2.24, 2.45) is 16.2 Å². The van der Waals surface area contributed by atoms with Gasteiger partial charge in [-0.2, -0.15) is 0 Å². The Labute approximate surface area is 148 Å². The summed E-state index contributed by atoms with van der Waals surface area (Å²) in [6.45, 7) is 8.68. The monoisotopic (exact) mass is 339 g/mol. The second-order valence-electron chi connectivity index (χ2n) is 8.50. The van der Waals surface area contributed by atoms with E-state index in [0.29, 0.717) is 13.0 Å². The van der Waals surface area contributed by atoms with Crippen LogP contribution in [-0.4, -0.2) is 23.4 Å². The zero-order valence-corrected chi connectivity index (χ0v) is 15.3. The normalized spacial score (nSPS) is 35.3. The number of esters is 1. The third-order valence-corrected chi connectivity index (χ3v) is 7.38. The molecule has 0 radical (unpaired) electrons. The second kappa shape index (κ2) is 4.96. The van der Waals surface area contributed by atoms with E-state index in [-0.39, 0.29) is 23.3 Å². The molecule has 2 bridgehead atoms. The van der Waals surface area contributed by atoms with Crippen molar-refractivity contribution in [1.29, 1.82) is 0 Å². The number of fused-ring (bicyclic) bond motifs is 3. The Morgan fingerprint density at radius 3 is 2.68 bits per heavy atom. The van der Waals surface area contributed by atoms with Gasteiger partial charge in [-0.1, -0.05) is 45.0 Å². The van der Waals surface area contributed by atoms with E-state index in [0.717, 1.165) is 17.5 Å².